The number of hydrogen-bond donors (Lipinski definition) is 3. The van der Waals surface area contributed by atoms with Gasteiger partial charge in [-0.05, 0) is 56.5 Å². The Labute approximate surface area is 191 Å². The standard InChI is InChI=1S/C24H27ClN4O3/c1-15-7-8-19-20(26-15)13-21(27-19)22(31)28-24(2,14-16-5-3-4-6-18(16)25)23(32)29-11-9-17(30)10-12-29/h3-8,13,17,27,30H,9-12,14H2,1-2H3,(H,28,31). The van der Waals surface area contributed by atoms with Crippen LogP contribution in [0, 0.1) is 6.92 Å². The topological polar surface area (TPSA) is 98.3 Å². The summed E-state index contributed by atoms with van der Waals surface area (Å²) in [5.74, 6) is -0.580. The number of hydrogen-bond acceptors (Lipinski definition) is 4. The smallest absolute Gasteiger partial charge is 0.268 e. The van der Waals surface area contributed by atoms with Crippen LogP contribution in [-0.4, -0.2) is 56.5 Å². The molecule has 2 amide bonds. The van der Waals surface area contributed by atoms with Crippen LogP contribution in [0.3, 0.4) is 0 Å². The first kappa shape index (κ1) is 22.3. The summed E-state index contributed by atoms with van der Waals surface area (Å²) in [5.41, 5.74) is 2.20. The second-order valence-corrected chi connectivity index (χ2v) is 9.05. The molecule has 3 heterocycles. The summed E-state index contributed by atoms with van der Waals surface area (Å²) in [7, 11) is 0. The second kappa shape index (κ2) is 8.92. The van der Waals surface area contributed by atoms with Gasteiger partial charge in [-0.25, -0.2) is 0 Å². The van der Waals surface area contributed by atoms with E-state index in [0.717, 1.165) is 16.8 Å². The van der Waals surface area contributed by atoms with Gasteiger partial charge in [0.15, 0.2) is 0 Å². The Kier molecular flexibility index (Phi) is 6.22. The van der Waals surface area contributed by atoms with Gasteiger partial charge in [0.2, 0.25) is 5.91 Å². The lowest BCUT2D eigenvalue weighted by atomic mass is 9.89. The first-order chi connectivity index (χ1) is 15.2. The number of likely N-dealkylation sites (tertiary alicyclic amines) is 1. The molecule has 1 atom stereocenters. The number of fused-ring (bicyclic) bond motifs is 1. The molecule has 1 saturated heterocycles. The van der Waals surface area contributed by atoms with Gasteiger partial charge in [0, 0.05) is 30.2 Å². The van der Waals surface area contributed by atoms with Crippen molar-refractivity contribution in [3.05, 3.63) is 64.4 Å². The van der Waals surface area contributed by atoms with Crippen LogP contribution in [0.25, 0.3) is 11.0 Å². The Morgan fingerprint density at radius 3 is 2.69 bits per heavy atom. The van der Waals surface area contributed by atoms with E-state index >= 15 is 0 Å². The molecular formula is C24H27ClN4O3. The zero-order valence-corrected chi connectivity index (χ0v) is 18.9. The zero-order chi connectivity index (χ0) is 22.9. The maximum Gasteiger partial charge on any atom is 0.268 e. The van der Waals surface area contributed by atoms with Gasteiger partial charge in [0.1, 0.15) is 11.2 Å². The van der Waals surface area contributed by atoms with E-state index in [1.165, 1.54) is 0 Å². The quantitative estimate of drug-likeness (QED) is 0.551. The summed E-state index contributed by atoms with van der Waals surface area (Å²) < 4.78 is 0. The molecule has 32 heavy (non-hydrogen) atoms. The minimum Gasteiger partial charge on any atom is -0.393 e. The molecule has 0 bridgehead atoms. The van der Waals surface area contributed by atoms with E-state index in [0.29, 0.717) is 42.2 Å². The number of benzene rings is 1. The van der Waals surface area contributed by atoms with Gasteiger partial charge in [-0.1, -0.05) is 29.8 Å². The van der Waals surface area contributed by atoms with Crippen LogP contribution in [0.4, 0.5) is 0 Å². The van der Waals surface area contributed by atoms with Crippen molar-refractivity contribution >= 4 is 34.4 Å². The number of carbonyl (C=O) groups excluding carboxylic acids is 2. The molecule has 1 aliphatic heterocycles. The van der Waals surface area contributed by atoms with Gasteiger partial charge in [0.25, 0.3) is 5.91 Å². The average molecular weight is 455 g/mol. The highest BCUT2D eigenvalue weighted by atomic mass is 35.5. The highest BCUT2D eigenvalue weighted by Crippen LogP contribution is 2.25. The Morgan fingerprint density at radius 2 is 1.97 bits per heavy atom. The summed E-state index contributed by atoms with van der Waals surface area (Å²) in [6, 6.07) is 12.8. The van der Waals surface area contributed by atoms with Crippen molar-refractivity contribution in [2.45, 2.75) is 44.8 Å². The number of pyridine rings is 1. The third-order valence-corrected chi connectivity index (χ3v) is 6.34. The van der Waals surface area contributed by atoms with Crippen molar-refractivity contribution in [1.29, 1.82) is 0 Å². The summed E-state index contributed by atoms with van der Waals surface area (Å²) in [6.07, 6.45) is 0.892. The first-order valence-electron chi connectivity index (χ1n) is 10.7. The molecule has 4 rings (SSSR count). The lowest BCUT2D eigenvalue weighted by Gasteiger charge is -2.38. The number of aromatic amines is 1. The molecule has 0 spiro atoms. The lowest BCUT2D eigenvalue weighted by molar-refractivity contribution is -0.139. The van der Waals surface area contributed by atoms with Gasteiger partial charge >= 0.3 is 0 Å². The fraction of sp³-hybridized carbons (Fsp3) is 0.375. The van der Waals surface area contributed by atoms with Crippen LogP contribution in [0.2, 0.25) is 5.02 Å². The average Bonchev–Trinajstić information content (AvgIpc) is 3.19. The molecule has 1 aromatic carbocycles. The first-order valence-corrected chi connectivity index (χ1v) is 11.1. The molecule has 0 aliphatic carbocycles. The summed E-state index contributed by atoms with van der Waals surface area (Å²) in [5, 5.41) is 13.3. The summed E-state index contributed by atoms with van der Waals surface area (Å²) in [4.78, 5) is 36.0. The molecule has 3 N–H and O–H groups in total. The van der Waals surface area contributed by atoms with E-state index in [1.54, 1.807) is 24.0 Å². The number of amides is 2. The van der Waals surface area contributed by atoms with E-state index < -0.39 is 11.6 Å². The maximum atomic E-state index is 13.6. The van der Waals surface area contributed by atoms with Crippen molar-refractivity contribution < 1.29 is 14.7 Å². The second-order valence-electron chi connectivity index (χ2n) is 8.65. The van der Waals surface area contributed by atoms with Crippen molar-refractivity contribution in [2.24, 2.45) is 0 Å². The number of aliphatic hydroxyl groups excluding tert-OH is 1. The van der Waals surface area contributed by atoms with Crippen LogP contribution in [-0.2, 0) is 11.2 Å². The third-order valence-electron chi connectivity index (χ3n) is 5.97. The Hall–Kier alpha value is -2.90. The molecule has 1 unspecified atom stereocenters. The molecule has 8 heteroatoms. The van der Waals surface area contributed by atoms with Crippen molar-refractivity contribution in [3.63, 3.8) is 0 Å². The fourth-order valence-electron chi connectivity index (χ4n) is 4.16. The molecular weight excluding hydrogens is 428 g/mol. The van der Waals surface area contributed by atoms with E-state index in [1.807, 2.05) is 37.3 Å². The Balaban J connectivity index is 1.63. The van der Waals surface area contributed by atoms with Crippen LogP contribution >= 0.6 is 11.6 Å². The Bertz CT molecular complexity index is 1150. The van der Waals surface area contributed by atoms with E-state index in [-0.39, 0.29) is 18.2 Å². The van der Waals surface area contributed by atoms with Crippen LogP contribution in [0.5, 0.6) is 0 Å². The number of carbonyl (C=O) groups is 2. The minimum atomic E-state index is -1.22. The summed E-state index contributed by atoms with van der Waals surface area (Å²) >= 11 is 6.38. The summed E-state index contributed by atoms with van der Waals surface area (Å²) in [6.45, 7) is 4.51. The molecule has 2 aromatic heterocycles. The van der Waals surface area contributed by atoms with Gasteiger partial charge in [0.05, 0.1) is 17.1 Å². The molecule has 168 valence electrons. The number of rotatable bonds is 5. The fourth-order valence-corrected chi connectivity index (χ4v) is 4.37. The van der Waals surface area contributed by atoms with Crippen LogP contribution < -0.4 is 5.32 Å². The molecule has 0 saturated carbocycles. The third kappa shape index (κ3) is 4.64. The maximum absolute atomic E-state index is 13.6. The largest absolute Gasteiger partial charge is 0.393 e. The SMILES string of the molecule is Cc1ccc2[nH]c(C(=O)NC(C)(Cc3ccccc3Cl)C(=O)N3CCC(O)CC3)cc2n1. The highest BCUT2D eigenvalue weighted by Gasteiger charge is 2.40. The van der Waals surface area contributed by atoms with E-state index in [2.05, 4.69) is 15.3 Å². The number of aromatic nitrogens is 2. The van der Waals surface area contributed by atoms with Gasteiger partial charge in [-0.2, -0.15) is 0 Å². The minimum absolute atomic E-state index is 0.192. The monoisotopic (exact) mass is 454 g/mol. The molecule has 0 radical (unpaired) electrons. The number of aryl methyl sites for hydroxylation is 1. The number of nitrogens with zero attached hydrogens (tertiary/aromatic N) is 2. The predicted molar refractivity (Wildman–Crippen MR) is 124 cm³/mol. The number of aliphatic hydroxyl groups is 1. The number of halogens is 1. The van der Waals surface area contributed by atoms with Crippen LogP contribution in [0.15, 0.2) is 42.5 Å². The van der Waals surface area contributed by atoms with E-state index in [4.69, 9.17) is 11.6 Å². The molecule has 7 nitrogen and oxygen atoms in total. The van der Waals surface area contributed by atoms with E-state index in [9.17, 15) is 14.7 Å². The highest BCUT2D eigenvalue weighted by molar-refractivity contribution is 6.31. The number of piperidine rings is 1. The van der Waals surface area contributed by atoms with Crippen molar-refractivity contribution in [3.8, 4) is 0 Å². The van der Waals surface area contributed by atoms with Crippen molar-refractivity contribution in [2.75, 3.05) is 13.1 Å². The molecule has 1 aliphatic rings. The van der Waals surface area contributed by atoms with Gasteiger partial charge < -0.3 is 20.3 Å². The predicted octanol–water partition coefficient (Wildman–Crippen LogP) is 3.24. The van der Waals surface area contributed by atoms with Crippen LogP contribution in [0.1, 0.15) is 41.5 Å². The lowest BCUT2D eigenvalue weighted by Crippen LogP contribution is -2.60. The van der Waals surface area contributed by atoms with Gasteiger partial charge in [-0.15, -0.1) is 0 Å². The molecule has 3 aromatic rings. The van der Waals surface area contributed by atoms with Gasteiger partial charge in [-0.3, -0.25) is 14.6 Å². The normalized spacial score (nSPS) is 16.7. The number of nitrogens with one attached hydrogen (secondary N) is 2. The molecule has 1 fully saturated rings. The Morgan fingerprint density at radius 1 is 1.25 bits per heavy atom. The number of H-pyrrole nitrogens is 1. The van der Waals surface area contributed by atoms with Crippen molar-refractivity contribution in [1.82, 2.24) is 20.2 Å². The zero-order valence-electron chi connectivity index (χ0n) is 18.2.